The summed E-state index contributed by atoms with van der Waals surface area (Å²) in [5.74, 6) is -0.0858. The highest BCUT2D eigenvalue weighted by Gasteiger charge is 2.36. The fraction of sp³-hybridized carbons (Fsp3) is 0.238. The molecule has 7 rings (SSSR count). The molecule has 240 valence electrons. The van der Waals surface area contributed by atoms with Gasteiger partial charge in [0.2, 0.25) is 0 Å². The lowest BCUT2D eigenvalue weighted by atomic mass is 9.99. The highest BCUT2D eigenvalue weighted by atomic mass is 16.2. The van der Waals surface area contributed by atoms with Crippen LogP contribution in [0, 0.1) is 0 Å². The number of carbonyl (C=O) groups is 2. The maximum Gasteiger partial charge on any atom is 0.254 e. The predicted octanol–water partition coefficient (Wildman–Crippen LogP) is 8.62. The molecule has 0 aliphatic carbocycles. The van der Waals surface area contributed by atoms with Gasteiger partial charge in [0, 0.05) is 47.1 Å². The number of hydrogen-bond donors (Lipinski definition) is 0. The molecule has 1 fully saturated rings. The van der Waals surface area contributed by atoms with E-state index < -0.39 is 0 Å². The van der Waals surface area contributed by atoms with Crippen molar-refractivity contribution in [2.24, 2.45) is 0 Å². The molecule has 0 spiro atoms. The summed E-state index contributed by atoms with van der Waals surface area (Å²) >= 11 is 0. The van der Waals surface area contributed by atoms with Crippen molar-refractivity contribution < 1.29 is 9.59 Å². The standard InChI is InChI=1S/C42H40N4O2/c1-5-29-15-19-31(20-16-29)39-23-35(33-11-7-9-13-37(33)43-39)41(47)45-25-28(4)46(26-27(45)3)42(48)36-24-40(32-21-17-30(6-2)18-22-32)44-38-14-10-8-12-34(36)38/h7-24,27-28H,5-6,25-26H2,1-4H3. The highest BCUT2D eigenvalue weighted by molar-refractivity contribution is 6.09. The van der Waals surface area contributed by atoms with Crippen molar-refractivity contribution in [3.8, 4) is 22.5 Å². The molecule has 3 heterocycles. The minimum absolute atomic E-state index is 0.0429. The van der Waals surface area contributed by atoms with E-state index in [2.05, 4.69) is 62.4 Å². The Kier molecular flexibility index (Phi) is 8.49. The first kappa shape index (κ1) is 31.3. The molecule has 2 amide bonds. The zero-order chi connectivity index (χ0) is 33.4. The molecule has 6 heteroatoms. The van der Waals surface area contributed by atoms with Gasteiger partial charge in [-0.25, -0.2) is 9.97 Å². The maximum absolute atomic E-state index is 14.4. The number of benzene rings is 4. The molecule has 0 radical (unpaired) electrons. The van der Waals surface area contributed by atoms with Crippen LogP contribution < -0.4 is 0 Å². The van der Waals surface area contributed by atoms with Crippen LogP contribution in [0.25, 0.3) is 44.3 Å². The number of aryl methyl sites for hydroxylation is 2. The molecule has 1 saturated heterocycles. The van der Waals surface area contributed by atoms with E-state index in [0.29, 0.717) is 24.2 Å². The highest BCUT2D eigenvalue weighted by Crippen LogP contribution is 2.31. The van der Waals surface area contributed by atoms with Crippen LogP contribution in [0.15, 0.2) is 109 Å². The summed E-state index contributed by atoms with van der Waals surface area (Å²) in [6.45, 7) is 9.19. The Bertz CT molecular complexity index is 1980. The van der Waals surface area contributed by atoms with Crippen molar-refractivity contribution in [1.29, 1.82) is 0 Å². The van der Waals surface area contributed by atoms with Gasteiger partial charge in [-0.1, -0.05) is 98.8 Å². The zero-order valence-corrected chi connectivity index (χ0v) is 28.0. The van der Waals surface area contributed by atoms with Crippen molar-refractivity contribution in [3.63, 3.8) is 0 Å². The van der Waals surface area contributed by atoms with Gasteiger partial charge in [0.15, 0.2) is 0 Å². The summed E-state index contributed by atoms with van der Waals surface area (Å²) in [6.07, 6.45) is 1.93. The molecular formula is C42H40N4O2. The molecule has 6 aromatic rings. The Morgan fingerprint density at radius 3 is 1.33 bits per heavy atom. The van der Waals surface area contributed by atoms with E-state index in [4.69, 9.17) is 9.97 Å². The van der Waals surface area contributed by atoms with Crippen LogP contribution >= 0.6 is 0 Å². The molecule has 1 aliphatic rings. The topological polar surface area (TPSA) is 66.4 Å². The number of carbonyl (C=O) groups excluding carboxylic acids is 2. The van der Waals surface area contributed by atoms with Crippen LogP contribution in [0.2, 0.25) is 0 Å². The number of aromatic nitrogens is 2. The van der Waals surface area contributed by atoms with Crippen LogP contribution in [-0.2, 0) is 12.8 Å². The first-order valence-electron chi connectivity index (χ1n) is 16.9. The van der Waals surface area contributed by atoms with Crippen molar-refractivity contribution in [3.05, 3.63) is 131 Å². The fourth-order valence-electron chi connectivity index (χ4n) is 6.82. The second-order valence-corrected chi connectivity index (χ2v) is 12.9. The smallest absolute Gasteiger partial charge is 0.254 e. The van der Waals surface area contributed by atoms with E-state index in [1.807, 2.05) is 84.3 Å². The van der Waals surface area contributed by atoms with Crippen LogP contribution in [0.4, 0.5) is 0 Å². The molecule has 6 nitrogen and oxygen atoms in total. The van der Waals surface area contributed by atoms with Crippen molar-refractivity contribution in [1.82, 2.24) is 19.8 Å². The summed E-state index contributed by atoms with van der Waals surface area (Å²) in [5.41, 5.74) is 8.87. The Hall–Kier alpha value is -5.36. The summed E-state index contributed by atoms with van der Waals surface area (Å²) in [6, 6.07) is 35.9. The second-order valence-electron chi connectivity index (χ2n) is 12.9. The van der Waals surface area contributed by atoms with Gasteiger partial charge in [-0.05, 0) is 62.1 Å². The summed E-state index contributed by atoms with van der Waals surface area (Å²) < 4.78 is 0. The minimum atomic E-state index is -0.189. The molecule has 2 aromatic heterocycles. The number of para-hydroxylation sites is 2. The Balaban J connectivity index is 1.19. The summed E-state index contributed by atoms with van der Waals surface area (Å²) in [4.78, 5) is 42.5. The van der Waals surface area contributed by atoms with E-state index >= 15 is 0 Å². The number of piperazine rings is 1. The van der Waals surface area contributed by atoms with E-state index in [-0.39, 0.29) is 23.9 Å². The van der Waals surface area contributed by atoms with Gasteiger partial charge in [0.1, 0.15) is 0 Å². The number of pyridine rings is 2. The molecule has 0 N–H and O–H groups in total. The van der Waals surface area contributed by atoms with Crippen molar-refractivity contribution >= 4 is 33.6 Å². The van der Waals surface area contributed by atoms with Gasteiger partial charge in [-0.2, -0.15) is 0 Å². The van der Waals surface area contributed by atoms with Crippen LogP contribution in [-0.4, -0.2) is 56.8 Å². The van der Waals surface area contributed by atoms with Gasteiger partial charge in [-0.15, -0.1) is 0 Å². The Morgan fingerprint density at radius 2 is 0.958 bits per heavy atom. The number of rotatable bonds is 6. The lowest BCUT2D eigenvalue weighted by Gasteiger charge is -2.44. The first-order chi connectivity index (χ1) is 23.3. The van der Waals surface area contributed by atoms with Gasteiger partial charge in [0.05, 0.1) is 33.5 Å². The molecular weight excluding hydrogens is 592 g/mol. The third-order valence-electron chi connectivity index (χ3n) is 9.72. The number of hydrogen-bond acceptors (Lipinski definition) is 4. The van der Waals surface area contributed by atoms with Gasteiger partial charge in [-0.3, -0.25) is 9.59 Å². The van der Waals surface area contributed by atoms with E-state index in [0.717, 1.165) is 57.2 Å². The SMILES string of the molecule is CCc1ccc(-c2cc(C(=O)N3CC(C)N(C(=O)c4cc(-c5ccc(CC)cc5)nc5ccccc45)CC3C)c3ccccc3n2)cc1. The van der Waals surface area contributed by atoms with E-state index in [1.165, 1.54) is 11.1 Å². The molecule has 2 unspecified atom stereocenters. The molecule has 48 heavy (non-hydrogen) atoms. The fourth-order valence-corrected chi connectivity index (χ4v) is 6.82. The Morgan fingerprint density at radius 1 is 0.583 bits per heavy atom. The molecule has 4 aromatic carbocycles. The maximum atomic E-state index is 14.4. The average molecular weight is 633 g/mol. The zero-order valence-electron chi connectivity index (χ0n) is 28.0. The normalized spacial score (nSPS) is 16.4. The number of fused-ring (bicyclic) bond motifs is 2. The third kappa shape index (κ3) is 5.83. The lowest BCUT2D eigenvalue weighted by molar-refractivity contribution is 0.0272. The quantitative estimate of drug-likeness (QED) is 0.184. The first-order valence-corrected chi connectivity index (χ1v) is 16.9. The number of nitrogens with zero attached hydrogens (tertiary/aromatic N) is 4. The van der Waals surface area contributed by atoms with Crippen molar-refractivity contribution in [2.75, 3.05) is 13.1 Å². The van der Waals surface area contributed by atoms with Crippen LogP contribution in [0.1, 0.15) is 59.5 Å². The lowest BCUT2D eigenvalue weighted by Crippen LogP contribution is -2.59. The van der Waals surface area contributed by atoms with Crippen molar-refractivity contribution in [2.45, 2.75) is 52.6 Å². The number of amides is 2. The average Bonchev–Trinajstić information content (AvgIpc) is 3.14. The summed E-state index contributed by atoms with van der Waals surface area (Å²) in [7, 11) is 0. The predicted molar refractivity (Wildman–Crippen MR) is 194 cm³/mol. The van der Waals surface area contributed by atoms with E-state index in [9.17, 15) is 9.59 Å². The van der Waals surface area contributed by atoms with Crippen LogP contribution in [0.5, 0.6) is 0 Å². The largest absolute Gasteiger partial charge is 0.332 e. The molecule has 0 saturated carbocycles. The summed E-state index contributed by atoms with van der Waals surface area (Å²) in [5, 5.41) is 1.66. The molecule has 2 atom stereocenters. The van der Waals surface area contributed by atoms with Gasteiger partial charge in [0.25, 0.3) is 11.8 Å². The third-order valence-corrected chi connectivity index (χ3v) is 9.72. The Labute approximate surface area is 282 Å². The second kappa shape index (κ2) is 13.0. The van der Waals surface area contributed by atoms with Gasteiger partial charge < -0.3 is 9.80 Å². The van der Waals surface area contributed by atoms with E-state index in [1.54, 1.807) is 0 Å². The van der Waals surface area contributed by atoms with Gasteiger partial charge >= 0.3 is 0 Å². The molecule has 1 aliphatic heterocycles. The van der Waals surface area contributed by atoms with Crippen LogP contribution in [0.3, 0.4) is 0 Å². The molecule has 0 bridgehead atoms. The monoisotopic (exact) mass is 632 g/mol. The minimum Gasteiger partial charge on any atom is -0.332 e.